The van der Waals surface area contributed by atoms with Crippen molar-refractivity contribution in [2.24, 2.45) is 0 Å². The minimum absolute atomic E-state index is 0.188. The van der Waals surface area contributed by atoms with Crippen molar-refractivity contribution in [1.82, 2.24) is 0 Å². The van der Waals surface area contributed by atoms with Crippen LogP contribution in [-0.4, -0.2) is 20.5 Å². The highest BCUT2D eigenvalue weighted by Gasteiger charge is 2.29. The van der Waals surface area contributed by atoms with E-state index in [2.05, 4.69) is 0 Å². The fourth-order valence-corrected chi connectivity index (χ4v) is 2.97. The monoisotopic (exact) mass is 332 g/mol. The van der Waals surface area contributed by atoms with Crippen molar-refractivity contribution >= 4 is 21.4 Å². The number of ketones is 1. The second-order valence-electron chi connectivity index (χ2n) is 5.26. The largest absolute Gasteiger partial charge is 0.477 e. The summed E-state index contributed by atoms with van der Waals surface area (Å²) in [5, 5.41) is 0. The molecular formula is C17H13FO4S. The second kappa shape index (κ2) is 5.62. The predicted molar refractivity (Wildman–Crippen MR) is 82.8 cm³/mol. The molecule has 4 nitrogen and oxygen atoms in total. The summed E-state index contributed by atoms with van der Waals surface area (Å²) in [5.74, 6) is -0.382. The number of hydrogen-bond donors (Lipinski definition) is 0. The molecule has 0 spiro atoms. The zero-order valence-corrected chi connectivity index (χ0v) is 13.0. The highest BCUT2D eigenvalue weighted by atomic mass is 32.2. The fraction of sp³-hybridized carbons (Fsp3) is 0.118. The van der Waals surface area contributed by atoms with Gasteiger partial charge in [0.05, 0.1) is 4.90 Å². The van der Waals surface area contributed by atoms with E-state index in [0.717, 1.165) is 6.26 Å². The molecule has 0 saturated carbocycles. The Morgan fingerprint density at radius 3 is 2.39 bits per heavy atom. The Kier molecular flexibility index (Phi) is 3.77. The Bertz CT molecular complexity index is 898. The average molecular weight is 332 g/mol. The van der Waals surface area contributed by atoms with Gasteiger partial charge in [0.2, 0.25) is 5.78 Å². The Morgan fingerprint density at radius 2 is 1.78 bits per heavy atom. The van der Waals surface area contributed by atoms with Gasteiger partial charge in [0.1, 0.15) is 11.6 Å². The predicted octanol–water partition coefficient (Wildman–Crippen LogP) is 2.91. The number of benzene rings is 2. The van der Waals surface area contributed by atoms with Crippen molar-refractivity contribution in [1.29, 1.82) is 0 Å². The summed E-state index contributed by atoms with van der Waals surface area (Å²) in [5.41, 5.74) is 1.03. The van der Waals surface area contributed by atoms with Crippen LogP contribution in [0.4, 0.5) is 4.39 Å². The molecule has 118 valence electrons. The first-order valence-corrected chi connectivity index (χ1v) is 8.72. The summed E-state index contributed by atoms with van der Waals surface area (Å²) in [6.45, 7) is 0. The molecule has 2 aromatic carbocycles. The molecule has 6 heteroatoms. The maximum atomic E-state index is 13.3. The van der Waals surface area contributed by atoms with Gasteiger partial charge in [-0.15, -0.1) is 0 Å². The van der Waals surface area contributed by atoms with Crippen LogP contribution in [0.3, 0.4) is 0 Å². The average Bonchev–Trinajstić information content (AvgIpc) is 2.88. The van der Waals surface area contributed by atoms with Crippen LogP contribution in [0, 0.1) is 5.82 Å². The van der Waals surface area contributed by atoms with E-state index in [1.165, 1.54) is 36.4 Å². The lowest BCUT2D eigenvalue weighted by molar-refractivity contribution is -0.120. The van der Waals surface area contributed by atoms with Crippen molar-refractivity contribution < 1.29 is 22.3 Å². The molecule has 0 radical (unpaired) electrons. The van der Waals surface area contributed by atoms with Crippen LogP contribution in [0.5, 0.6) is 0 Å². The second-order valence-corrected chi connectivity index (χ2v) is 7.28. The Morgan fingerprint density at radius 1 is 1.09 bits per heavy atom. The molecular weight excluding hydrogens is 319 g/mol. The smallest absolute Gasteiger partial charge is 0.204 e. The number of carbonyl (C=O) groups excluding carboxylic acids is 1. The molecule has 0 bridgehead atoms. The Labute approximate surface area is 133 Å². The van der Waals surface area contributed by atoms with Gasteiger partial charge in [-0.05, 0) is 36.4 Å². The molecule has 1 heterocycles. The summed E-state index contributed by atoms with van der Waals surface area (Å²) in [6.07, 6.45) is 1.58. The standard InChI is InChI=1S/C17H13FO4S/c1-23(20,21)14-7-5-11(6-8-14)16-10-15(19)17(22-16)12-3-2-4-13(18)9-12/h2-10,17H,1H3. The minimum Gasteiger partial charge on any atom is -0.477 e. The van der Waals surface area contributed by atoms with E-state index in [4.69, 9.17) is 4.74 Å². The molecule has 3 rings (SSSR count). The van der Waals surface area contributed by atoms with E-state index in [0.29, 0.717) is 16.9 Å². The Balaban J connectivity index is 1.86. The van der Waals surface area contributed by atoms with E-state index >= 15 is 0 Å². The maximum absolute atomic E-state index is 13.3. The van der Waals surface area contributed by atoms with Gasteiger partial charge >= 0.3 is 0 Å². The number of hydrogen-bond acceptors (Lipinski definition) is 4. The van der Waals surface area contributed by atoms with Crippen molar-refractivity contribution in [3.63, 3.8) is 0 Å². The molecule has 0 amide bonds. The zero-order valence-electron chi connectivity index (χ0n) is 12.2. The molecule has 0 N–H and O–H groups in total. The fourth-order valence-electron chi connectivity index (χ4n) is 2.34. The van der Waals surface area contributed by atoms with Crippen molar-refractivity contribution in [3.05, 3.63) is 71.6 Å². The lowest BCUT2D eigenvalue weighted by Gasteiger charge is -2.12. The van der Waals surface area contributed by atoms with Crippen molar-refractivity contribution in [3.8, 4) is 0 Å². The van der Waals surface area contributed by atoms with E-state index in [-0.39, 0.29) is 10.7 Å². The summed E-state index contributed by atoms with van der Waals surface area (Å²) in [4.78, 5) is 12.3. The van der Waals surface area contributed by atoms with Crippen LogP contribution in [0.25, 0.3) is 5.76 Å². The molecule has 1 aliphatic heterocycles. The van der Waals surface area contributed by atoms with Crippen LogP contribution in [0.2, 0.25) is 0 Å². The molecule has 2 aromatic rings. The lowest BCUT2D eigenvalue weighted by atomic mass is 10.1. The summed E-state index contributed by atoms with van der Waals surface area (Å²) in [7, 11) is -3.28. The quantitative estimate of drug-likeness (QED) is 0.867. The third-order valence-electron chi connectivity index (χ3n) is 3.49. The molecule has 0 aliphatic carbocycles. The molecule has 23 heavy (non-hydrogen) atoms. The third-order valence-corrected chi connectivity index (χ3v) is 4.62. The summed E-state index contributed by atoms with van der Waals surface area (Å²) < 4.78 is 41.8. The van der Waals surface area contributed by atoms with E-state index < -0.39 is 21.8 Å². The number of sulfone groups is 1. The highest BCUT2D eigenvalue weighted by molar-refractivity contribution is 7.90. The van der Waals surface area contributed by atoms with Crippen LogP contribution in [0.15, 0.2) is 59.5 Å². The van der Waals surface area contributed by atoms with Gasteiger partial charge < -0.3 is 4.74 Å². The van der Waals surface area contributed by atoms with E-state index in [1.807, 2.05) is 0 Å². The van der Waals surface area contributed by atoms with Crippen LogP contribution in [0.1, 0.15) is 17.2 Å². The number of carbonyl (C=O) groups is 1. The normalized spacial score (nSPS) is 17.7. The van der Waals surface area contributed by atoms with Crippen molar-refractivity contribution in [2.45, 2.75) is 11.0 Å². The maximum Gasteiger partial charge on any atom is 0.204 e. The van der Waals surface area contributed by atoms with Crippen LogP contribution in [-0.2, 0) is 19.4 Å². The van der Waals surface area contributed by atoms with Gasteiger partial charge in [-0.3, -0.25) is 4.79 Å². The minimum atomic E-state index is -3.28. The zero-order chi connectivity index (χ0) is 16.6. The van der Waals surface area contributed by atoms with Gasteiger partial charge in [-0.1, -0.05) is 12.1 Å². The van der Waals surface area contributed by atoms with Gasteiger partial charge in [0, 0.05) is 23.5 Å². The van der Waals surface area contributed by atoms with Crippen LogP contribution < -0.4 is 0 Å². The Hall–Kier alpha value is -2.47. The van der Waals surface area contributed by atoms with Gasteiger partial charge in [-0.25, -0.2) is 12.8 Å². The first-order chi connectivity index (χ1) is 10.8. The lowest BCUT2D eigenvalue weighted by Crippen LogP contribution is -2.07. The first-order valence-electron chi connectivity index (χ1n) is 6.83. The number of halogens is 1. The van der Waals surface area contributed by atoms with E-state index in [1.54, 1.807) is 18.2 Å². The molecule has 1 atom stereocenters. The number of rotatable bonds is 3. The van der Waals surface area contributed by atoms with Gasteiger partial charge in [0.15, 0.2) is 15.9 Å². The van der Waals surface area contributed by atoms with Crippen LogP contribution >= 0.6 is 0 Å². The van der Waals surface area contributed by atoms with Gasteiger partial charge in [-0.2, -0.15) is 0 Å². The highest BCUT2D eigenvalue weighted by Crippen LogP contribution is 2.33. The summed E-state index contributed by atoms with van der Waals surface area (Å²) >= 11 is 0. The summed E-state index contributed by atoms with van der Waals surface area (Å²) in [6, 6.07) is 11.7. The first kappa shape index (κ1) is 15.4. The SMILES string of the molecule is CS(=O)(=O)c1ccc(C2=CC(=O)C(c3cccc(F)c3)O2)cc1. The molecule has 0 fully saturated rings. The molecule has 0 aromatic heterocycles. The number of ether oxygens (including phenoxy) is 1. The van der Waals surface area contributed by atoms with Crippen molar-refractivity contribution in [2.75, 3.05) is 6.26 Å². The molecule has 1 aliphatic rings. The topological polar surface area (TPSA) is 60.4 Å². The molecule has 0 saturated heterocycles. The third kappa shape index (κ3) is 3.17. The molecule has 1 unspecified atom stereocenters. The van der Waals surface area contributed by atoms with E-state index in [9.17, 15) is 17.6 Å². The van der Waals surface area contributed by atoms with Gasteiger partial charge in [0.25, 0.3) is 0 Å².